The molecular weight excluding hydrogens is 227 g/mol. The van der Waals surface area contributed by atoms with Gasteiger partial charge in [0, 0.05) is 24.1 Å². The molecule has 0 amide bonds. The van der Waals surface area contributed by atoms with E-state index in [0.717, 1.165) is 30.4 Å². The Morgan fingerprint density at radius 3 is 3.11 bits per heavy atom. The first-order valence-electron chi connectivity index (χ1n) is 6.68. The monoisotopic (exact) mass is 246 g/mol. The number of halogens is 1. The standard InChI is InChI=1S/C15H19FN2/c1-18-10-12(7-11-3-2-6-17-9-11)14-8-13(16)4-5-15(14)18/h4-5,8,10-11,17H,2-3,6-7,9H2,1H3. The highest BCUT2D eigenvalue weighted by Crippen LogP contribution is 2.25. The summed E-state index contributed by atoms with van der Waals surface area (Å²) in [5, 5.41) is 4.51. The van der Waals surface area contributed by atoms with Crippen molar-refractivity contribution in [1.29, 1.82) is 0 Å². The van der Waals surface area contributed by atoms with E-state index in [4.69, 9.17) is 0 Å². The van der Waals surface area contributed by atoms with Crippen LogP contribution in [0.5, 0.6) is 0 Å². The predicted molar refractivity (Wildman–Crippen MR) is 72.2 cm³/mol. The number of hydrogen-bond acceptors (Lipinski definition) is 1. The molecule has 0 radical (unpaired) electrons. The summed E-state index contributed by atoms with van der Waals surface area (Å²) in [7, 11) is 2.03. The van der Waals surface area contributed by atoms with E-state index in [-0.39, 0.29) is 5.82 Å². The van der Waals surface area contributed by atoms with Gasteiger partial charge in [0.1, 0.15) is 5.82 Å². The predicted octanol–water partition coefficient (Wildman–Crippen LogP) is 2.86. The van der Waals surface area contributed by atoms with Gasteiger partial charge >= 0.3 is 0 Å². The molecule has 1 aliphatic heterocycles. The molecule has 2 nitrogen and oxygen atoms in total. The third-order valence-electron chi connectivity index (χ3n) is 3.94. The number of benzene rings is 1. The van der Waals surface area contributed by atoms with E-state index in [1.165, 1.54) is 24.5 Å². The van der Waals surface area contributed by atoms with Gasteiger partial charge in [-0.2, -0.15) is 0 Å². The zero-order valence-corrected chi connectivity index (χ0v) is 10.7. The minimum Gasteiger partial charge on any atom is -0.350 e. The van der Waals surface area contributed by atoms with Gasteiger partial charge in [0.15, 0.2) is 0 Å². The molecule has 0 saturated carbocycles. The Hall–Kier alpha value is -1.35. The van der Waals surface area contributed by atoms with Crippen LogP contribution in [0.15, 0.2) is 24.4 Å². The molecule has 1 atom stereocenters. The largest absolute Gasteiger partial charge is 0.350 e. The van der Waals surface area contributed by atoms with Crippen LogP contribution in [0.25, 0.3) is 10.9 Å². The zero-order valence-electron chi connectivity index (χ0n) is 10.7. The second kappa shape index (κ2) is 4.73. The number of aromatic nitrogens is 1. The van der Waals surface area contributed by atoms with Crippen molar-refractivity contribution in [3.05, 3.63) is 35.8 Å². The van der Waals surface area contributed by atoms with Crippen LogP contribution in [-0.4, -0.2) is 17.7 Å². The maximum Gasteiger partial charge on any atom is 0.123 e. The smallest absolute Gasteiger partial charge is 0.123 e. The second-order valence-corrected chi connectivity index (χ2v) is 5.34. The van der Waals surface area contributed by atoms with Crippen molar-refractivity contribution in [1.82, 2.24) is 9.88 Å². The molecule has 1 aromatic carbocycles. The Bertz CT molecular complexity index is 553. The lowest BCUT2D eigenvalue weighted by molar-refractivity contribution is 0.376. The highest BCUT2D eigenvalue weighted by atomic mass is 19.1. The van der Waals surface area contributed by atoms with Gasteiger partial charge in [-0.05, 0) is 62.0 Å². The lowest BCUT2D eigenvalue weighted by Crippen LogP contribution is -2.30. The van der Waals surface area contributed by atoms with Crippen molar-refractivity contribution >= 4 is 10.9 Å². The van der Waals surface area contributed by atoms with E-state index in [1.807, 2.05) is 13.1 Å². The third-order valence-corrected chi connectivity index (χ3v) is 3.94. The minimum absolute atomic E-state index is 0.142. The van der Waals surface area contributed by atoms with E-state index in [2.05, 4.69) is 16.1 Å². The van der Waals surface area contributed by atoms with Gasteiger partial charge in [0.2, 0.25) is 0 Å². The summed E-state index contributed by atoms with van der Waals surface area (Å²) >= 11 is 0. The maximum absolute atomic E-state index is 13.4. The molecule has 2 heterocycles. The van der Waals surface area contributed by atoms with Crippen LogP contribution < -0.4 is 5.32 Å². The Balaban J connectivity index is 1.93. The Kier molecular flexibility index (Phi) is 3.08. The fourth-order valence-electron chi connectivity index (χ4n) is 3.02. The van der Waals surface area contributed by atoms with E-state index >= 15 is 0 Å². The molecule has 1 saturated heterocycles. The van der Waals surface area contributed by atoms with Crippen LogP contribution in [0.2, 0.25) is 0 Å². The van der Waals surface area contributed by atoms with Crippen molar-refractivity contribution < 1.29 is 4.39 Å². The quantitative estimate of drug-likeness (QED) is 0.862. The first kappa shape index (κ1) is 11.7. The average Bonchev–Trinajstić information content (AvgIpc) is 2.67. The van der Waals surface area contributed by atoms with Crippen LogP contribution in [0.3, 0.4) is 0 Å². The Morgan fingerprint density at radius 2 is 2.33 bits per heavy atom. The van der Waals surface area contributed by atoms with Crippen LogP contribution in [0.4, 0.5) is 4.39 Å². The first-order chi connectivity index (χ1) is 8.74. The van der Waals surface area contributed by atoms with Gasteiger partial charge < -0.3 is 9.88 Å². The minimum atomic E-state index is -0.142. The fraction of sp³-hybridized carbons (Fsp3) is 0.467. The highest BCUT2D eigenvalue weighted by Gasteiger charge is 2.16. The fourth-order valence-corrected chi connectivity index (χ4v) is 3.02. The molecule has 0 spiro atoms. The number of piperidine rings is 1. The van der Waals surface area contributed by atoms with Crippen molar-refractivity contribution in [3.63, 3.8) is 0 Å². The topological polar surface area (TPSA) is 17.0 Å². The van der Waals surface area contributed by atoms with E-state index in [1.54, 1.807) is 6.07 Å². The molecule has 2 aromatic rings. The summed E-state index contributed by atoms with van der Waals surface area (Å²) in [6.45, 7) is 2.23. The molecule has 3 rings (SSSR count). The molecule has 1 aromatic heterocycles. The second-order valence-electron chi connectivity index (χ2n) is 5.34. The van der Waals surface area contributed by atoms with Gasteiger partial charge in [-0.3, -0.25) is 0 Å². The SMILES string of the molecule is Cn1cc(CC2CCCNC2)c2cc(F)ccc21. The Labute approximate surface area is 107 Å². The lowest BCUT2D eigenvalue weighted by Gasteiger charge is -2.22. The lowest BCUT2D eigenvalue weighted by atomic mass is 9.92. The van der Waals surface area contributed by atoms with Crippen LogP contribution in [0.1, 0.15) is 18.4 Å². The number of aryl methyl sites for hydroxylation is 1. The number of nitrogens with zero attached hydrogens (tertiary/aromatic N) is 1. The van der Waals surface area contributed by atoms with Gasteiger partial charge in [0.25, 0.3) is 0 Å². The molecule has 96 valence electrons. The third kappa shape index (κ3) is 2.15. The zero-order chi connectivity index (χ0) is 12.5. The molecule has 1 fully saturated rings. The molecule has 1 unspecified atom stereocenters. The van der Waals surface area contributed by atoms with Gasteiger partial charge in [-0.25, -0.2) is 4.39 Å². The summed E-state index contributed by atoms with van der Waals surface area (Å²) < 4.78 is 15.5. The van der Waals surface area contributed by atoms with Crippen molar-refractivity contribution in [2.75, 3.05) is 13.1 Å². The Morgan fingerprint density at radius 1 is 1.44 bits per heavy atom. The molecule has 0 aliphatic carbocycles. The summed E-state index contributed by atoms with van der Waals surface area (Å²) in [5.74, 6) is 0.546. The van der Waals surface area contributed by atoms with Crippen molar-refractivity contribution in [2.45, 2.75) is 19.3 Å². The van der Waals surface area contributed by atoms with Gasteiger partial charge in [0.05, 0.1) is 0 Å². The average molecular weight is 246 g/mol. The molecule has 0 bridgehead atoms. The van der Waals surface area contributed by atoms with Crippen LogP contribution in [-0.2, 0) is 13.5 Å². The van der Waals surface area contributed by atoms with Crippen LogP contribution in [0, 0.1) is 11.7 Å². The number of hydrogen-bond donors (Lipinski definition) is 1. The number of fused-ring (bicyclic) bond motifs is 1. The van der Waals surface area contributed by atoms with Crippen molar-refractivity contribution in [2.24, 2.45) is 13.0 Å². The first-order valence-corrected chi connectivity index (χ1v) is 6.68. The summed E-state index contributed by atoms with van der Waals surface area (Å²) in [6, 6.07) is 5.07. The summed E-state index contributed by atoms with van der Waals surface area (Å²) in [4.78, 5) is 0. The maximum atomic E-state index is 13.4. The number of rotatable bonds is 2. The molecule has 1 aliphatic rings. The highest BCUT2D eigenvalue weighted by molar-refractivity contribution is 5.84. The molecule has 1 N–H and O–H groups in total. The van der Waals surface area contributed by atoms with E-state index < -0.39 is 0 Å². The van der Waals surface area contributed by atoms with Gasteiger partial charge in [-0.15, -0.1) is 0 Å². The number of nitrogens with one attached hydrogen (secondary N) is 1. The molecule has 18 heavy (non-hydrogen) atoms. The van der Waals surface area contributed by atoms with E-state index in [9.17, 15) is 4.39 Å². The van der Waals surface area contributed by atoms with Crippen LogP contribution >= 0.6 is 0 Å². The summed E-state index contributed by atoms with van der Waals surface area (Å²) in [5.41, 5.74) is 2.40. The van der Waals surface area contributed by atoms with Gasteiger partial charge in [-0.1, -0.05) is 0 Å². The normalized spacial score (nSPS) is 20.4. The van der Waals surface area contributed by atoms with E-state index in [0.29, 0.717) is 5.92 Å². The van der Waals surface area contributed by atoms with Crippen molar-refractivity contribution in [3.8, 4) is 0 Å². The summed E-state index contributed by atoms with van der Waals surface area (Å²) in [6.07, 6.45) is 5.73. The molecular formula is C15H19FN2. The molecule has 3 heteroatoms.